The number of H-pyrrole nitrogens is 1. The summed E-state index contributed by atoms with van der Waals surface area (Å²) in [7, 11) is 0. The second-order valence-corrected chi connectivity index (χ2v) is 4.03. The Morgan fingerprint density at radius 2 is 1.76 bits per heavy atom. The van der Waals surface area contributed by atoms with Gasteiger partial charge in [0.2, 0.25) is 0 Å². The van der Waals surface area contributed by atoms with Crippen molar-refractivity contribution in [2.24, 2.45) is 0 Å². The molecule has 100 valence electrons. The average molecular weight is 275 g/mol. The normalized spacial score (nSPS) is 9.05. The van der Waals surface area contributed by atoms with Gasteiger partial charge in [0.05, 0.1) is 0 Å². The Kier molecular flexibility index (Phi) is 3.95. The zero-order chi connectivity index (χ0) is 15.2. The highest BCUT2D eigenvalue weighted by molar-refractivity contribution is 5.63. The van der Waals surface area contributed by atoms with Gasteiger partial charge in [-0.25, -0.2) is 4.98 Å². The highest BCUT2D eigenvalue weighted by atomic mass is 15.2. The molecule has 1 aromatic heterocycles. The molecule has 0 amide bonds. The van der Waals surface area contributed by atoms with E-state index in [1.165, 1.54) is 0 Å². The van der Waals surface area contributed by atoms with E-state index in [2.05, 4.69) is 20.5 Å². The number of aromatic amines is 1. The summed E-state index contributed by atoms with van der Waals surface area (Å²) in [6.07, 6.45) is 0. The minimum absolute atomic E-state index is 0.0820. The number of anilines is 1. The first-order valence-electron chi connectivity index (χ1n) is 5.89. The van der Waals surface area contributed by atoms with Crippen molar-refractivity contribution < 1.29 is 0 Å². The molecule has 2 rings (SSSR count). The fourth-order valence-corrected chi connectivity index (χ4v) is 1.60. The quantitative estimate of drug-likeness (QED) is 0.825. The van der Waals surface area contributed by atoms with Crippen molar-refractivity contribution >= 4 is 5.69 Å². The molecule has 0 radical (unpaired) electrons. The monoisotopic (exact) mass is 275 g/mol. The number of nitrogens with zero attached hydrogens (tertiary/aromatic N) is 5. The lowest BCUT2D eigenvalue weighted by Crippen LogP contribution is -2.00. The van der Waals surface area contributed by atoms with Crippen LogP contribution in [0.3, 0.4) is 0 Å². The van der Waals surface area contributed by atoms with Gasteiger partial charge in [-0.1, -0.05) is 0 Å². The number of aromatic nitrogens is 3. The second-order valence-electron chi connectivity index (χ2n) is 4.03. The first-order valence-corrected chi connectivity index (χ1v) is 5.89. The molecular formula is C14H9N7. The van der Waals surface area contributed by atoms with Crippen molar-refractivity contribution in [3.05, 3.63) is 41.4 Å². The first-order chi connectivity index (χ1) is 10.2. The Labute approximate surface area is 120 Å². The summed E-state index contributed by atoms with van der Waals surface area (Å²) in [6.45, 7) is 1.81. The van der Waals surface area contributed by atoms with Crippen LogP contribution in [0.2, 0.25) is 0 Å². The lowest BCUT2D eigenvalue weighted by molar-refractivity contribution is 1.04. The van der Waals surface area contributed by atoms with Crippen molar-refractivity contribution in [1.29, 1.82) is 15.8 Å². The molecule has 0 atom stereocenters. The lowest BCUT2D eigenvalue weighted by atomic mass is 10.2. The molecule has 21 heavy (non-hydrogen) atoms. The number of allylic oxidation sites excluding steroid dienone is 2. The molecule has 0 aliphatic carbocycles. The van der Waals surface area contributed by atoms with E-state index < -0.39 is 0 Å². The van der Waals surface area contributed by atoms with Gasteiger partial charge in [0.1, 0.15) is 29.7 Å². The van der Waals surface area contributed by atoms with Crippen molar-refractivity contribution in [1.82, 2.24) is 15.2 Å². The molecule has 2 aromatic rings. The van der Waals surface area contributed by atoms with Crippen molar-refractivity contribution in [2.45, 2.75) is 6.92 Å². The molecule has 1 heterocycles. The van der Waals surface area contributed by atoms with Gasteiger partial charge < -0.3 is 5.32 Å². The Balaban J connectivity index is 2.25. The highest BCUT2D eigenvalue weighted by Crippen LogP contribution is 2.19. The number of benzene rings is 1. The van der Waals surface area contributed by atoms with Crippen LogP contribution in [0.1, 0.15) is 5.82 Å². The van der Waals surface area contributed by atoms with E-state index in [4.69, 9.17) is 15.8 Å². The summed E-state index contributed by atoms with van der Waals surface area (Å²) in [5, 5.41) is 36.0. The zero-order valence-electron chi connectivity index (χ0n) is 11.0. The molecule has 0 aliphatic heterocycles. The Morgan fingerprint density at radius 1 is 1.10 bits per heavy atom. The van der Waals surface area contributed by atoms with E-state index in [0.29, 0.717) is 11.5 Å². The number of hydrogen-bond donors (Lipinski definition) is 2. The van der Waals surface area contributed by atoms with Gasteiger partial charge in [0.15, 0.2) is 11.4 Å². The predicted molar refractivity (Wildman–Crippen MR) is 74.0 cm³/mol. The van der Waals surface area contributed by atoms with Gasteiger partial charge in [-0.2, -0.15) is 20.9 Å². The maximum Gasteiger partial charge on any atom is 0.181 e. The zero-order valence-corrected chi connectivity index (χ0v) is 11.0. The van der Waals surface area contributed by atoms with E-state index in [-0.39, 0.29) is 11.3 Å². The maximum atomic E-state index is 8.96. The summed E-state index contributed by atoms with van der Waals surface area (Å²) in [5.74, 6) is 1.29. The number of nitriles is 3. The van der Waals surface area contributed by atoms with Crippen LogP contribution < -0.4 is 5.32 Å². The van der Waals surface area contributed by atoms with E-state index in [1.807, 2.05) is 6.92 Å². The van der Waals surface area contributed by atoms with Crippen LogP contribution in [0, 0.1) is 40.9 Å². The van der Waals surface area contributed by atoms with Crippen LogP contribution in [-0.4, -0.2) is 15.2 Å². The number of aryl methyl sites for hydroxylation is 1. The van der Waals surface area contributed by atoms with Crippen LogP contribution >= 0.6 is 0 Å². The minimum atomic E-state index is -0.258. The molecular weight excluding hydrogens is 266 g/mol. The lowest BCUT2D eigenvalue weighted by Gasteiger charge is -2.04. The molecule has 0 fully saturated rings. The van der Waals surface area contributed by atoms with Crippen LogP contribution in [-0.2, 0) is 0 Å². The summed E-state index contributed by atoms with van der Waals surface area (Å²) >= 11 is 0. The molecule has 0 aliphatic rings. The summed E-state index contributed by atoms with van der Waals surface area (Å²) in [4.78, 5) is 4.21. The van der Waals surface area contributed by atoms with Crippen LogP contribution in [0.5, 0.6) is 0 Å². The smallest absolute Gasteiger partial charge is 0.181 e. The summed E-state index contributed by atoms with van der Waals surface area (Å²) < 4.78 is 0. The second kappa shape index (κ2) is 6.01. The van der Waals surface area contributed by atoms with E-state index in [0.717, 1.165) is 11.4 Å². The largest absolute Gasteiger partial charge is 0.345 e. The molecule has 7 heteroatoms. The molecule has 0 spiro atoms. The predicted octanol–water partition coefficient (Wildman–Crippen LogP) is 2.02. The summed E-state index contributed by atoms with van der Waals surface area (Å²) in [6, 6.07) is 12.1. The number of nitrogens with one attached hydrogen (secondary N) is 2. The molecule has 1 aromatic carbocycles. The highest BCUT2D eigenvalue weighted by Gasteiger charge is 2.07. The Morgan fingerprint density at radius 3 is 2.24 bits per heavy atom. The SMILES string of the molecule is Cc1nc(-c2ccc(NC(C#N)=C(C#N)C#N)cc2)n[nH]1. The Bertz CT molecular complexity index is 791. The fourth-order valence-electron chi connectivity index (χ4n) is 1.60. The summed E-state index contributed by atoms with van der Waals surface area (Å²) in [5.41, 5.74) is 1.06. The van der Waals surface area contributed by atoms with Crippen molar-refractivity contribution in [3.8, 4) is 29.6 Å². The minimum Gasteiger partial charge on any atom is -0.345 e. The molecule has 2 N–H and O–H groups in total. The number of hydrogen-bond acceptors (Lipinski definition) is 6. The maximum absolute atomic E-state index is 8.96. The topological polar surface area (TPSA) is 125 Å². The fraction of sp³-hybridized carbons (Fsp3) is 0.0714. The van der Waals surface area contributed by atoms with Crippen LogP contribution in [0.15, 0.2) is 35.5 Å². The third-order valence-corrected chi connectivity index (χ3v) is 2.60. The van der Waals surface area contributed by atoms with Gasteiger partial charge in [-0.15, -0.1) is 0 Å². The van der Waals surface area contributed by atoms with E-state index >= 15 is 0 Å². The van der Waals surface area contributed by atoms with E-state index in [9.17, 15) is 0 Å². The van der Waals surface area contributed by atoms with E-state index in [1.54, 1.807) is 42.5 Å². The number of rotatable bonds is 3. The van der Waals surface area contributed by atoms with Crippen LogP contribution in [0.25, 0.3) is 11.4 Å². The van der Waals surface area contributed by atoms with Gasteiger partial charge >= 0.3 is 0 Å². The van der Waals surface area contributed by atoms with Crippen molar-refractivity contribution in [2.75, 3.05) is 5.32 Å². The standard InChI is InChI=1S/C14H9N7/c1-9-18-14(21-20-9)10-2-4-12(5-3-10)19-13(8-17)11(6-15)7-16/h2-5,19H,1H3,(H,18,20,21). The Hall–Kier alpha value is -3.63. The third kappa shape index (κ3) is 3.04. The van der Waals surface area contributed by atoms with Gasteiger partial charge in [-0.05, 0) is 31.2 Å². The van der Waals surface area contributed by atoms with Crippen molar-refractivity contribution in [3.63, 3.8) is 0 Å². The van der Waals surface area contributed by atoms with Crippen LogP contribution in [0.4, 0.5) is 5.69 Å². The molecule has 7 nitrogen and oxygen atoms in total. The first kappa shape index (κ1) is 13.8. The molecule has 0 saturated heterocycles. The van der Waals surface area contributed by atoms with Gasteiger partial charge in [0, 0.05) is 11.3 Å². The average Bonchev–Trinajstić information content (AvgIpc) is 2.94. The van der Waals surface area contributed by atoms with Gasteiger partial charge in [0.25, 0.3) is 0 Å². The van der Waals surface area contributed by atoms with Gasteiger partial charge in [-0.3, -0.25) is 5.10 Å². The molecule has 0 saturated carbocycles. The molecule has 0 unspecified atom stereocenters. The third-order valence-electron chi connectivity index (χ3n) is 2.60. The molecule has 0 bridgehead atoms.